The normalized spacial score (nSPS) is 13.2. The molecule has 0 radical (unpaired) electrons. The Morgan fingerprint density at radius 1 is 1.40 bits per heavy atom. The van der Waals surface area contributed by atoms with Crippen molar-refractivity contribution in [1.82, 2.24) is 15.5 Å². The zero-order valence-corrected chi connectivity index (χ0v) is 12.9. The third-order valence-electron chi connectivity index (χ3n) is 3.47. The number of carbonyl (C=O) groups is 1. The highest BCUT2D eigenvalue weighted by Crippen LogP contribution is 2.31. The van der Waals surface area contributed by atoms with Gasteiger partial charge in [-0.05, 0) is 30.7 Å². The third-order valence-corrected chi connectivity index (χ3v) is 3.47. The average molecular weight is 282 g/mol. The van der Waals surface area contributed by atoms with Crippen molar-refractivity contribution < 1.29 is 9.32 Å². The predicted octanol–water partition coefficient (Wildman–Crippen LogP) is 1.79. The van der Waals surface area contributed by atoms with Gasteiger partial charge in [0.15, 0.2) is 5.82 Å². The highest BCUT2D eigenvalue weighted by molar-refractivity contribution is 5.75. The van der Waals surface area contributed by atoms with E-state index in [-0.39, 0.29) is 11.3 Å². The summed E-state index contributed by atoms with van der Waals surface area (Å²) in [7, 11) is 0. The molecule has 0 saturated carbocycles. The number of aromatic nitrogens is 2. The van der Waals surface area contributed by atoms with Gasteiger partial charge in [0.1, 0.15) is 0 Å². The van der Waals surface area contributed by atoms with Gasteiger partial charge in [0, 0.05) is 13.3 Å². The van der Waals surface area contributed by atoms with Crippen molar-refractivity contribution in [3.8, 4) is 0 Å². The van der Waals surface area contributed by atoms with E-state index in [4.69, 9.17) is 10.3 Å². The maximum absolute atomic E-state index is 11.8. The molecule has 6 nitrogen and oxygen atoms in total. The Bertz CT molecular complexity index is 423. The van der Waals surface area contributed by atoms with Crippen molar-refractivity contribution in [2.45, 2.75) is 53.5 Å². The summed E-state index contributed by atoms with van der Waals surface area (Å²) in [6, 6.07) is 0. The van der Waals surface area contributed by atoms with E-state index < -0.39 is 0 Å². The van der Waals surface area contributed by atoms with E-state index in [0.717, 1.165) is 12.8 Å². The maximum Gasteiger partial charge on any atom is 0.223 e. The lowest BCUT2D eigenvalue weighted by Crippen LogP contribution is -2.28. The number of hydrogen-bond acceptors (Lipinski definition) is 5. The van der Waals surface area contributed by atoms with Crippen LogP contribution >= 0.6 is 0 Å². The van der Waals surface area contributed by atoms with Crippen LogP contribution in [0, 0.1) is 18.3 Å². The Morgan fingerprint density at radius 2 is 2.10 bits per heavy atom. The second kappa shape index (κ2) is 7.38. The molecule has 1 aromatic rings. The number of nitrogens with two attached hydrogens (primary N) is 1. The molecule has 0 spiro atoms. The molecule has 1 heterocycles. The van der Waals surface area contributed by atoms with Gasteiger partial charge in [0.2, 0.25) is 11.8 Å². The highest BCUT2D eigenvalue weighted by atomic mass is 16.5. The van der Waals surface area contributed by atoms with E-state index in [1.54, 1.807) is 6.92 Å². The van der Waals surface area contributed by atoms with Crippen molar-refractivity contribution in [2.24, 2.45) is 17.1 Å². The van der Waals surface area contributed by atoms with E-state index in [9.17, 15) is 4.79 Å². The fourth-order valence-electron chi connectivity index (χ4n) is 2.20. The number of hydrogen-bond donors (Lipinski definition) is 2. The van der Waals surface area contributed by atoms with Gasteiger partial charge in [-0.1, -0.05) is 25.9 Å². The van der Waals surface area contributed by atoms with Crippen LogP contribution in [0.15, 0.2) is 4.52 Å². The topological polar surface area (TPSA) is 94.0 Å². The Labute approximate surface area is 120 Å². The number of aryl methyl sites for hydroxylation is 1. The van der Waals surface area contributed by atoms with E-state index in [0.29, 0.717) is 37.1 Å². The van der Waals surface area contributed by atoms with Crippen molar-refractivity contribution in [3.63, 3.8) is 0 Å². The zero-order chi connectivity index (χ0) is 15.2. The molecule has 0 saturated heterocycles. The number of amides is 1. The van der Waals surface area contributed by atoms with Crippen LogP contribution in [-0.2, 0) is 11.3 Å². The molecule has 0 aliphatic rings. The summed E-state index contributed by atoms with van der Waals surface area (Å²) in [6.45, 7) is 9.26. The molecule has 6 heteroatoms. The lowest BCUT2D eigenvalue weighted by Gasteiger charge is -2.30. The van der Waals surface area contributed by atoms with Crippen LogP contribution in [0.3, 0.4) is 0 Å². The molecule has 0 aliphatic heterocycles. The summed E-state index contributed by atoms with van der Waals surface area (Å²) < 4.78 is 4.85. The van der Waals surface area contributed by atoms with Crippen LogP contribution < -0.4 is 11.1 Å². The highest BCUT2D eigenvalue weighted by Gasteiger charge is 2.24. The second-order valence-corrected chi connectivity index (χ2v) is 6.19. The van der Waals surface area contributed by atoms with Crippen molar-refractivity contribution in [3.05, 3.63) is 11.7 Å². The summed E-state index contributed by atoms with van der Waals surface area (Å²) in [5.74, 6) is 1.47. The molecular weight excluding hydrogens is 256 g/mol. The summed E-state index contributed by atoms with van der Waals surface area (Å²) in [4.78, 5) is 15.9. The van der Waals surface area contributed by atoms with Gasteiger partial charge in [0.25, 0.3) is 0 Å². The predicted molar refractivity (Wildman–Crippen MR) is 76.7 cm³/mol. The molecule has 1 amide bonds. The lowest BCUT2D eigenvalue weighted by atomic mass is 9.76. The smallest absolute Gasteiger partial charge is 0.223 e. The van der Waals surface area contributed by atoms with Crippen LogP contribution in [0.4, 0.5) is 0 Å². The number of carbonyl (C=O) groups excluding carboxylic acids is 1. The zero-order valence-electron chi connectivity index (χ0n) is 12.9. The van der Waals surface area contributed by atoms with Gasteiger partial charge in [0.05, 0.1) is 6.54 Å². The van der Waals surface area contributed by atoms with Crippen molar-refractivity contribution in [1.29, 1.82) is 0 Å². The minimum atomic E-state index is 0.0127. The van der Waals surface area contributed by atoms with Gasteiger partial charge in [-0.3, -0.25) is 4.79 Å². The third kappa shape index (κ3) is 5.69. The second-order valence-electron chi connectivity index (χ2n) is 6.19. The molecule has 20 heavy (non-hydrogen) atoms. The Morgan fingerprint density at radius 3 is 2.60 bits per heavy atom. The van der Waals surface area contributed by atoms with Crippen LogP contribution in [0.5, 0.6) is 0 Å². The van der Waals surface area contributed by atoms with Crippen LogP contribution in [0.2, 0.25) is 0 Å². The first-order chi connectivity index (χ1) is 9.32. The molecule has 1 atom stereocenters. The Hall–Kier alpha value is -1.43. The molecule has 1 unspecified atom stereocenters. The molecule has 114 valence electrons. The largest absolute Gasteiger partial charge is 0.349 e. The molecule has 0 aromatic carbocycles. The standard InChI is InChI=1S/C14H26N4O2/c1-10-17-12(18-20-10)9-16-13(19)6-5-11(7-8-15)14(2,3)4/h11H,5-9,15H2,1-4H3,(H,16,19). The molecule has 1 aromatic heterocycles. The summed E-state index contributed by atoms with van der Waals surface area (Å²) in [5.41, 5.74) is 5.81. The quantitative estimate of drug-likeness (QED) is 0.795. The molecule has 0 bridgehead atoms. The minimum Gasteiger partial charge on any atom is -0.349 e. The Kier molecular flexibility index (Phi) is 6.13. The van der Waals surface area contributed by atoms with Crippen molar-refractivity contribution in [2.75, 3.05) is 6.54 Å². The van der Waals surface area contributed by atoms with Crippen LogP contribution in [0.25, 0.3) is 0 Å². The monoisotopic (exact) mass is 282 g/mol. The van der Waals surface area contributed by atoms with Gasteiger partial charge in [-0.15, -0.1) is 0 Å². The molecule has 0 fully saturated rings. The van der Waals surface area contributed by atoms with Gasteiger partial charge < -0.3 is 15.6 Å². The van der Waals surface area contributed by atoms with E-state index in [2.05, 4.69) is 36.2 Å². The SMILES string of the molecule is Cc1nc(CNC(=O)CCC(CCN)C(C)(C)C)no1. The van der Waals surface area contributed by atoms with Crippen LogP contribution in [-0.4, -0.2) is 22.6 Å². The first kappa shape index (κ1) is 16.6. The van der Waals surface area contributed by atoms with Gasteiger partial charge in [-0.2, -0.15) is 4.98 Å². The first-order valence-corrected chi connectivity index (χ1v) is 7.09. The maximum atomic E-state index is 11.8. The lowest BCUT2D eigenvalue weighted by molar-refractivity contribution is -0.121. The number of rotatable bonds is 7. The number of nitrogens with one attached hydrogen (secondary N) is 1. The fraction of sp³-hybridized carbons (Fsp3) is 0.786. The summed E-state index contributed by atoms with van der Waals surface area (Å²) in [6.07, 6.45) is 2.29. The van der Waals surface area contributed by atoms with Gasteiger partial charge in [-0.25, -0.2) is 0 Å². The number of nitrogens with zero attached hydrogens (tertiary/aromatic N) is 2. The van der Waals surface area contributed by atoms with Crippen LogP contribution in [0.1, 0.15) is 51.7 Å². The van der Waals surface area contributed by atoms with Gasteiger partial charge >= 0.3 is 0 Å². The van der Waals surface area contributed by atoms with Crippen molar-refractivity contribution >= 4 is 5.91 Å². The summed E-state index contributed by atoms with van der Waals surface area (Å²) >= 11 is 0. The molecule has 1 rings (SSSR count). The molecule has 3 N–H and O–H groups in total. The van der Waals surface area contributed by atoms with E-state index >= 15 is 0 Å². The molecule has 0 aliphatic carbocycles. The first-order valence-electron chi connectivity index (χ1n) is 7.09. The molecular formula is C14H26N4O2. The van der Waals surface area contributed by atoms with E-state index in [1.807, 2.05) is 0 Å². The van der Waals surface area contributed by atoms with E-state index in [1.165, 1.54) is 0 Å². The fourth-order valence-corrected chi connectivity index (χ4v) is 2.20. The average Bonchev–Trinajstić information content (AvgIpc) is 2.76. The minimum absolute atomic E-state index is 0.0127. The summed E-state index contributed by atoms with van der Waals surface area (Å²) in [5, 5.41) is 6.54. The Balaban J connectivity index is 2.34.